The van der Waals surface area contributed by atoms with Crippen LogP contribution in [0.4, 0.5) is 20.2 Å². The Hall–Kier alpha value is -4.01. The van der Waals surface area contributed by atoms with Crippen LogP contribution in [-0.4, -0.2) is 27.6 Å². The largest absolute Gasteiger partial charge is 0.383 e. The van der Waals surface area contributed by atoms with Crippen molar-refractivity contribution in [1.82, 2.24) is 14.5 Å². The molecule has 33 heavy (non-hydrogen) atoms. The van der Waals surface area contributed by atoms with E-state index in [9.17, 15) is 14.0 Å². The number of nitrogens with one attached hydrogen (secondary N) is 3. The third-order valence-electron chi connectivity index (χ3n) is 5.76. The fourth-order valence-corrected chi connectivity index (χ4v) is 4.24. The van der Waals surface area contributed by atoms with Crippen molar-refractivity contribution in [1.29, 1.82) is 0 Å². The Bertz CT molecular complexity index is 1520. The highest BCUT2D eigenvalue weighted by molar-refractivity contribution is 5.85. The molecular weight excluding hydrogens is 428 g/mol. The molecule has 7 nitrogen and oxygen atoms in total. The highest BCUT2D eigenvalue weighted by Gasteiger charge is 2.24. The van der Waals surface area contributed by atoms with Crippen LogP contribution in [0.1, 0.15) is 25.3 Å². The summed E-state index contributed by atoms with van der Waals surface area (Å²) in [7, 11) is 0. The third-order valence-corrected chi connectivity index (χ3v) is 5.76. The molecule has 0 aliphatic carbocycles. The van der Waals surface area contributed by atoms with Gasteiger partial charge in [0, 0.05) is 18.8 Å². The summed E-state index contributed by atoms with van der Waals surface area (Å²) in [6.07, 6.45) is 0. The Morgan fingerprint density at radius 2 is 1.67 bits per heavy atom. The molecule has 9 heteroatoms. The molecule has 4 aromatic rings. The van der Waals surface area contributed by atoms with E-state index in [-0.39, 0.29) is 28.2 Å². The predicted octanol–water partition coefficient (Wildman–Crippen LogP) is 3.98. The van der Waals surface area contributed by atoms with Crippen molar-refractivity contribution in [3.8, 4) is 16.9 Å². The van der Waals surface area contributed by atoms with Gasteiger partial charge in [0.05, 0.1) is 22.3 Å². The molecule has 2 aromatic heterocycles. The fraction of sp³-hybridized carbons (Fsp3) is 0.208. The molecule has 0 amide bonds. The quantitative estimate of drug-likeness (QED) is 0.409. The molecule has 2 bridgehead atoms. The summed E-state index contributed by atoms with van der Waals surface area (Å²) in [5, 5.41) is 6.34. The zero-order valence-corrected chi connectivity index (χ0v) is 18.0. The molecule has 0 atom stereocenters. The Kier molecular flexibility index (Phi) is 4.96. The van der Waals surface area contributed by atoms with Crippen LogP contribution >= 0.6 is 0 Å². The fourth-order valence-electron chi connectivity index (χ4n) is 4.24. The van der Waals surface area contributed by atoms with Crippen molar-refractivity contribution in [2.75, 3.05) is 23.7 Å². The molecular formula is C24H21F2N5O2. The highest BCUT2D eigenvalue weighted by Crippen LogP contribution is 2.35. The van der Waals surface area contributed by atoms with Gasteiger partial charge in [-0.1, -0.05) is 32.0 Å². The third kappa shape index (κ3) is 3.36. The summed E-state index contributed by atoms with van der Waals surface area (Å²) in [6.45, 7) is 4.81. The summed E-state index contributed by atoms with van der Waals surface area (Å²) in [5.74, 6) is -1.50. The van der Waals surface area contributed by atoms with Crippen LogP contribution in [0.2, 0.25) is 0 Å². The minimum absolute atomic E-state index is 0.0275. The number of rotatable bonds is 1. The minimum atomic E-state index is -0.862. The van der Waals surface area contributed by atoms with Crippen molar-refractivity contribution in [2.45, 2.75) is 19.8 Å². The van der Waals surface area contributed by atoms with E-state index in [1.165, 1.54) is 16.7 Å². The summed E-state index contributed by atoms with van der Waals surface area (Å²) in [4.78, 5) is 32.3. The van der Waals surface area contributed by atoms with Gasteiger partial charge in [-0.15, -0.1) is 0 Å². The monoisotopic (exact) mass is 449 g/mol. The molecule has 1 aliphatic rings. The Morgan fingerprint density at radius 1 is 0.970 bits per heavy atom. The van der Waals surface area contributed by atoms with E-state index in [4.69, 9.17) is 0 Å². The van der Waals surface area contributed by atoms with E-state index in [2.05, 4.69) is 20.6 Å². The molecule has 0 unspecified atom stereocenters. The van der Waals surface area contributed by atoms with Crippen LogP contribution in [0.15, 0.2) is 52.1 Å². The lowest BCUT2D eigenvalue weighted by Gasteiger charge is -2.22. The van der Waals surface area contributed by atoms with E-state index in [0.717, 1.165) is 11.6 Å². The molecule has 5 rings (SSSR count). The smallest absolute Gasteiger partial charge is 0.334 e. The van der Waals surface area contributed by atoms with Gasteiger partial charge in [0.2, 0.25) is 0 Å². The standard InChI is InChI=1S/C24H21F2N5O2/c1-12(2)13-5-3-8-18-21(13)31-22-14(23(32)30-24(31)33)11-16(26)20(29-22)19-15(25)6-4-7-17(19)27-9-10-28-18/h3-8,11-12,27-28H,9-10H2,1-2H3,(H,30,32,33). The van der Waals surface area contributed by atoms with Crippen molar-refractivity contribution in [3.63, 3.8) is 0 Å². The molecule has 0 saturated carbocycles. The number of hydrogen-bond acceptors (Lipinski definition) is 5. The number of anilines is 2. The lowest BCUT2D eigenvalue weighted by atomic mass is 9.99. The number of benzene rings is 2. The van der Waals surface area contributed by atoms with Crippen LogP contribution in [0, 0.1) is 11.6 Å². The van der Waals surface area contributed by atoms with Crippen LogP contribution in [-0.2, 0) is 0 Å². The molecule has 0 fully saturated rings. The summed E-state index contributed by atoms with van der Waals surface area (Å²) < 4.78 is 31.4. The number of fused-ring (bicyclic) bond motifs is 5. The molecule has 0 saturated heterocycles. The number of para-hydroxylation sites is 1. The van der Waals surface area contributed by atoms with Gasteiger partial charge >= 0.3 is 5.69 Å². The van der Waals surface area contributed by atoms with Gasteiger partial charge in [-0.25, -0.2) is 23.1 Å². The maximum Gasteiger partial charge on any atom is 0.334 e. The van der Waals surface area contributed by atoms with Gasteiger partial charge in [-0.2, -0.15) is 0 Å². The number of aromatic amines is 1. The van der Waals surface area contributed by atoms with E-state index < -0.39 is 22.9 Å². The van der Waals surface area contributed by atoms with Crippen LogP contribution in [0.25, 0.3) is 28.0 Å². The van der Waals surface area contributed by atoms with Crippen molar-refractivity contribution in [3.05, 3.63) is 80.5 Å². The molecule has 168 valence electrons. The first-order valence-electron chi connectivity index (χ1n) is 10.6. The Labute approximate surface area is 187 Å². The minimum Gasteiger partial charge on any atom is -0.383 e. The average molecular weight is 449 g/mol. The molecule has 2 aromatic carbocycles. The van der Waals surface area contributed by atoms with E-state index >= 15 is 4.39 Å². The zero-order chi connectivity index (χ0) is 23.3. The number of pyridine rings is 1. The first kappa shape index (κ1) is 20.9. The van der Waals surface area contributed by atoms with Gasteiger partial charge in [0.15, 0.2) is 11.5 Å². The molecule has 0 spiro atoms. The molecule has 3 N–H and O–H groups in total. The van der Waals surface area contributed by atoms with Crippen molar-refractivity contribution >= 4 is 22.4 Å². The Morgan fingerprint density at radius 3 is 2.42 bits per heavy atom. The summed E-state index contributed by atoms with van der Waals surface area (Å²) in [5.41, 5.74) is 0.499. The second-order valence-corrected chi connectivity index (χ2v) is 8.20. The first-order chi connectivity index (χ1) is 15.9. The second-order valence-electron chi connectivity index (χ2n) is 8.20. The average Bonchev–Trinajstić information content (AvgIpc) is 2.77. The second kappa shape index (κ2) is 7.84. The number of aromatic nitrogens is 3. The maximum atomic E-state index is 15.2. The summed E-state index contributed by atoms with van der Waals surface area (Å²) in [6, 6.07) is 11.0. The number of H-pyrrole nitrogens is 1. The number of halogens is 2. The SMILES string of the molecule is CC(C)c1cccc2c1-n1c(=O)[nH]c(=O)c3cc(F)c(nc31)-c1c(F)cccc1NCCN2. The first-order valence-corrected chi connectivity index (χ1v) is 10.6. The maximum absolute atomic E-state index is 15.2. The highest BCUT2D eigenvalue weighted by atomic mass is 19.1. The van der Waals surface area contributed by atoms with Gasteiger partial charge in [-0.3, -0.25) is 9.78 Å². The lowest BCUT2D eigenvalue weighted by Crippen LogP contribution is -2.31. The van der Waals surface area contributed by atoms with Gasteiger partial charge in [0.1, 0.15) is 11.5 Å². The van der Waals surface area contributed by atoms with Crippen LogP contribution in [0.3, 0.4) is 0 Å². The van der Waals surface area contributed by atoms with Gasteiger partial charge < -0.3 is 10.6 Å². The summed E-state index contributed by atoms with van der Waals surface area (Å²) >= 11 is 0. The number of hydrogen-bond donors (Lipinski definition) is 3. The van der Waals surface area contributed by atoms with Gasteiger partial charge in [0.25, 0.3) is 5.56 Å². The predicted molar refractivity (Wildman–Crippen MR) is 124 cm³/mol. The molecule has 3 heterocycles. The van der Waals surface area contributed by atoms with Crippen LogP contribution < -0.4 is 21.9 Å². The van der Waals surface area contributed by atoms with Crippen molar-refractivity contribution in [2.24, 2.45) is 0 Å². The van der Waals surface area contributed by atoms with Crippen LogP contribution in [0.5, 0.6) is 0 Å². The van der Waals surface area contributed by atoms with Crippen molar-refractivity contribution < 1.29 is 8.78 Å². The normalized spacial score (nSPS) is 13.0. The Balaban J connectivity index is 2.00. The van der Waals surface area contributed by atoms with E-state index in [1.54, 1.807) is 6.07 Å². The lowest BCUT2D eigenvalue weighted by molar-refractivity contribution is 0.613. The molecule has 1 aliphatic heterocycles. The zero-order valence-electron chi connectivity index (χ0n) is 18.0. The van der Waals surface area contributed by atoms with E-state index in [1.807, 2.05) is 32.0 Å². The molecule has 0 radical (unpaired) electrons. The van der Waals surface area contributed by atoms with Gasteiger partial charge in [-0.05, 0) is 35.7 Å². The topological polar surface area (TPSA) is 91.8 Å². The van der Waals surface area contributed by atoms with E-state index in [0.29, 0.717) is 30.2 Å². The number of nitrogens with zero attached hydrogens (tertiary/aromatic N) is 2.